The molecule has 1 saturated heterocycles. The van der Waals surface area contributed by atoms with Crippen molar-refractivity contribution in [2.75, 3.05) is 12.3 Å². The van der Waals surface area contributed by atoms with Crippen molar-refractivity contribution in [1.29, 1.82) is 0 Å². The highest BCUT2D eigenvalue weighted by Crippen LogP contribution is 2.31. The highest BCUT2D eigenvalue weighted by Gasteiger charge is 2.25. The lowest BCUT2D eigenvalue weighted by Gasteiger charge is -2.16. The van der Waals surface area contributed by atoms with Crippen molar-refractivity contribution in [1.82, 2.24) is 9.88 Å². The summed E-state index contributed by atoms with van der Waals surface area (Å²) < 4.78 is 0.976. The zero-order valence-corrected chi connectivity index (χ0v) is 14.6. The van der Waals surface area contributed by atoms with Crippen LogP contribution in [-0.2, 0) is 0 Å². The fourth-order valence-corrected chi connectivity index (χ4v) is 3.92. The maximum atomic E-state index is 12.6. The first-order valence-corrected chi connectivity index (χ1v) is 9.13. The van der Waals surface area contributed by atoms with Gasteiger partial charge in [-0.1, -0.05) is 15.9 Å². The molecule has 0 aliphatic carbocycles. The van der Waals surface area contributed by atoms with Gasteiger partial charge in [0, 0.05) is 27.7 Å². The van der Waals surface area contributed by atoms with E-state index in [9.17, 15) is 4.79 Å². The summed E-state index contributed by atoms with van der Waals surface area (Å²) in [7, 11) is 0. The van der Waals surface area contributed by atoms with Gasteiger partial charge in [0.15, 0.2) is 0 Å². The monoisotopic (exact) mass is 380 g/mol. The van der Waals surface area contributed by atoms with Crippen molar-refractivity contribution in [2.45, 2.75) is 6.92 Å². The van der Waals surface area contributed by atoms with Gasteiger partial charge in [-0.15, -0.1) is 23.1 Å². The van der Waals surface area contributed by atoms with Crippen molar-refractivity contribution in [3.63, 3.8) is 0 Å². The first-order chi connectivity index (χ1) is 10.1. The van der Waals surface area contributed by atoms with Crippen LogP contribution in [0.4, 0.5) is 0 Å². The number of carbonyl (C=O) groups excluding carboxylic acids is 1. The predicted molar refractivity (Wildman–Crippen MR) is 92.5 cm³/mol. The van der Waals surface area contributed by atoms with Crippen molar-refractivity contribution in [3.05, 3.63) is 55.4 Å². The predicted octanol–water partition coefficient (Wildman–Crippen LogP) is 4.40. The minimum absolute atomic E-state index is 0.0469. The molecule has 1 fully saturated rings. The molecular weight excluding hydrogens is 368 g/mol. The second-order valence-corrected chi connectivity index (χ2v) is 7.68. The number of aryl methyl sites for hydroxylation is 1. The number of carbonyl (C=O) groups is 1. The maximum absolute atomic E-state index is 12.6. The molecule has 1 aromatic heterocycles. The van der Waals surface area contributed by atoms with Crippen LogP contribution < -0.4 is 0 Å². The highest BCUT2D eigenvalue weighted by atomic mass is 79.9. The van der Waals surface area contributed by atoms with Crippen LogP contribution in [0, 0.1) is 6.92 Å². The summed E-state index contributed by atoms with van der Waals surface area (Å²) >= 11 is 6.71. The van der Waals surface area contributed by atoms with Crippen LogP contribution in [0.2, 0.25) is 0 Å². The second-order valence-electron chi connectivity index (χ2n) is 4.59. The number of hydrogen-bond acceptors (Lipinski definition) is 4. The molecule has 1 aliphatic rings. The van der Waals surface area contributed by atoms with Gasteiger partial charge in [-0.3, -0.25) is 4.79 Å². The minimum Gasteiger partial charge on any atom is -0.302 e. The lowest BCUT2D eigenvalue weighted by atomic mass is 10.2. The number of hydrogen-bond donors (Lipinski definition) is 0. The molecule has 0 spiro atoms. The van der Waals surface area contributed by atoms with E-state index in [-0.39, 0.29) is 5.91 Å². The first kappa shape index (κ1) is 14.8. The Morgan fingerprint density at radius 3 is 2.81 bits per heavy atom. The molecule has 2 heterocycles. The molecule has 0 N–H and O–H groups in total. The Bertz CT molecular complexity index is 694. The van der Waals surface area contributed by atoms with Crippen LogP contribution in [0.15, 0.2) is 39.1 Å². The number of halogens is 1. The third-order valence-corrected chi connectivity index (χ3v) is 5.42. The van der Waals surface area contributed by atoms with E-state index < -0.39 is 0 Å². The number of thiazole rings is 1. The SMILES string of the molecule is Cc1nc(/C=C2/SCCN2C(=O)c2ccc(Br)cc2)cs1. The van der Waals surface area contributed by atoms with E-state index in [0.717, 1.165) is 32.5 Å². The highest BCUT2D eigenvalue weighted by molar-refractivity contribution is 9.10. The van der Waals surface area contributed by atoms with Gasteiger partial charge in [0.2, 0.25) is 0 Å². The molecule has 1 aliphatic heterocycles. The van der Waals surface area contributed by atoms with Crippen molar-refractivity contribution in [2.24, 2.45) is 0 Å². The minimum atomic E-state index is 0.0469. The normalized spacial score (nSPS) is 16.7. The van der Waals surface area contributed by atoms with Gasteiger partial charge < -0.3 is 4.90 Å². The molecule has 0 unspecified atom stereocenters. The zero-order chi connectivity index (χ0) is 14.8. The summed E-state index contributed by atoms with van der Waals surface area (Å²) in [5.74, 6) is 0.975. The van der Waals surface area contributed by atoms with E-state index in [1.807, 2.05) is 47.5 Å². The molecule has 108 valence electrons. The maximum Gasteiger partial charge on any atom is 0.258 e. The van der Waals surface area contributed by atoms with Crippen LogP contribution in [0.25, 0.3) is 6.08 Å². The molecule has 3 nitrogen and oxygen atoms in total. The molecule has 0 bridgehead atoms. The Morgan fingerprint density at radius 1 is 1.38 bits per heavy atom. The third-order valence-electron chi connectivity index (χ3n) is 3.08. The van der Waals surface area contributed by atoms with E-state index >= 15 is 0 Å². The van der Waals surface area contributed by atoms with Crippen molar-refractivity contribution < 1.29 is 4.79 Å². The molecule has 0 atom stereocenters. The fourth-order valence-electron chi connectivity index (χ4n) is 2.07. The summed E-state index contributed by atoms with van der Waals surface area (Å²) in [5, 5.41) is 4.03. The van der Waals surface area contributed by atoms with Crippen LogP contribution in [0.3, 0.4) is 0 Å². The topological polar surface area (TPSA) is 33.2 Å². The molecule has 1 amide bonds. The van der Waals surface area contributed by atoms with Crippen molar-refractivity contribution in [3.8, 4) is 0 Å². The van der Waals surface area contributed by atoms with Gasteiger partial charge in [-0.2, -0.15) is 0 Å². The zero-order valence-electron chi connectivity index (χ0n) is 11.4. The van der Waals surface area contributed by atoms with E-state index in [1.54, 1.807) is 23.1 Å². The number of thioether (sulfide) groups is 1. The van der Waals surface area contributed by atoms with E-state index in [1.165, 1.54) is 0 Å². The molecule has 1 aromatic carbocycles. The average molecular weight is 381 g/mol. The summed E-state index contributed by atoms with van der Waals surface area (Å²) in [6.07, 6.45) is 2.00. The number of aromatic nitrogens is 1. The Hall–Kier alpha value is -1.11. The lowest BCUT2D eigenvalue weighted by Crippen LogP contribution is -2.26. The van der Waals surface area contributed by atoms with Gasteiger partial charge >= 0.3 is 0 Å². The summed E-state index contributed by atoms with van der Waals surface area (Å²) in [6.45, 7) is 2.73. The lowest BCUT2D eigenvalue weighted by molar-refractivity contribution is 0.0831. The van der Waals surface area contributed by atoms with E-state index in [2.05, 4.69) is 20.9 Å². The summed E-state index contributed by atoms with van der Waals surface area (Å²) in [6, 6.07) is 7.48. The van der Waals surface area contributed by atoms with Crippen molar-refractivity contribution >= 4 is 51.0 Å². The number of rotatable bonds is 2. The van der Waals surface area contributed by atoms with E-state index in [0.29, 0.717) is 5.56 Å². The standard InChI is InChI=1S/C15H13BrN2OS2/c1-10-17-13(9-21-10)8-14-18(6-7-20-14)15(19)11-2-4-12(16)5-3-11/h2-5,8-9H,6-7H2,1H3/b14-8+. The van der Waals surface area contributed by atoms with Gasteiger partial charge in [0.25, 0.3) is 5.91 Å². The Kier molecular flexibility index (Phi) is 4.47. The van der Waals surface area contributed by atoms with Crippen LogP contribution in [0.5, 0.6) is 0 Å². The molecule has 21 heavy (non-hydrogen) atoms. The van der Waals surface area contributed by atoms with Gasteiger partial charge in [0.05, 0.1) is 15.7 Å². The second kappa shape index (κ2) is 6.34. The molecule has 0 saturated carbocycles. The first-order valence-electron chi connectivity index (χ1n) is 6.47. The smallest absolute Gasteiger partial charge is 0.258 e. The summed E-state index contributed by atoms with van der Waals surface area (Å²) in [4.78, 5) is 18.9. The fraction of sp³-hybridized carbons (Fsp3) is 0.200. The number of benzene rings is 1. The van der Waals surface area contributed by atoms with Crippen LogP contribution >= 0.6 is 39.0 Å². The molecule has 3 rings (SSSR count). The molecule has 0 radical (unpaired) electrons. The molecular formula is C15H13BrN2OS2. The largest absolute Gasteiger partial charge is 0.302 e. The Morgan fingerprint density at radius 2 is 2.14 bits per heavy atom. The molecule has 6 heteroatoms. The number of nitrogens with zero attached hydrogens (tertiary/aromatic N) is 2. The number of amides is 1. The Labute approximate surface area is 140 Å². The van der Waals surface area contributed by atoms with Crippen LogP contribution in [0.1, 0.15) is 21.1 Å². The quantitative estimate of drug-likeness (QED) is 0.773. The van der Waals surface area contributed by atoms with Gasteiger partial charge in [-0.05, 0) is 37.3 Å². The third kappa shape index (κ3) is 3.39. The van der Waals surface area contributed by atoms with E-state index in [4.69, 9.17) is 0 Å². The Balaban J connectivity index is 1.85. The van der Waals surface area contributed by atoms with Gasteiger partial charge in [-0.25, -0.2) is 4.98 Å². The van der Waals surface area contributed by atoms with Crippen LogP contribution in [-0.4, -0.2) is 28.1 Å². The average Bonchev–Trinajstić information content (AvgIpc) is 3.09. The molecule has 2 aromatic rings. The van der Waals surface area contributed by atoms with Gasteiger partial charge in [0.1, 0.15) is 0 Å². The summed E-state index contributed by atoms with van der Waals surface area (Å²) in [5.41, 5.74) is 1.64.